The molecule has 6 unspecified atom stereocenters. The highest BCUT2D eigenvalue weighted by molar-refractivity contribution is 7.47. The maximum Gasteiger partial charge on any atom is 0.472 e. The van der Waals surface area contributed by atoms with Crippen LogP contribution in [0.4, 0.5) is 0 Å². The first-order valence-corrected chi connectivity index (χ1v) is 25.9. The molecule has 1 saturated carbocycles. The minimum Gasteiger partial charge on any atom is -0.462 e. The number of aliphatic hydroxyl groups excluding tert-OH is 5. The van der Waals surface area contributed by atoms with Gasteiger partial charge in [0.1, 0.15) is 43.2 Å². The fraction of sp³-hybridized carbons (Fsp3) is 0.617. The van der Waals surface area contributed by atoms with Gasteiger partial charge in [0.05, 0.1) is 12.7 Å². The van der Waals surface area contributed by atoms with Gasteiger partial charge in [-0.3, -0.25) is 23.2 Å². The van der Waals surface area contributed by atoms with Crippen LogP contribution in [-0.4, -0.2) is 114 Å². The largest absolute Gasteiger partial charge is 0.472 e. The molecule has 376 valence electrons. The van der Waals surface area contributed by atoms with E-state index in [0.717, 1.165) is 70.6 Å². The lowest BCUT2D eigenvalue weighted by atomic mass is 9.85. The van der Waals surface area contributed by atoms with E-state index >= 15 is 0 Å². The third-order valence-corrected chi connectivity index (χ3v) is 11.2. The number of carbonyl (C=O) groups is 2. The number of unbranched alkanes of at least 4 members (excludes halogenated alkanes) is 6. The number of phosphoric acid groups is 2. The zero-order valence-corrected chi connectivity index (χ0v) is 40.2. The second kappa shape index (κ2) is 36.9. The van der Waals surface area contributed by atoms with Crippen LogP contribution in [-0.2, 0) is 41.8 Å². The van der Waals surface area contributed by atoms with Crippen LogP contribution < -0.4 is 0 Å². The molecule has 1 aliphatic rings. The monoisotopic (exact) mass is 974 g/mol. The van der Waals surface area contributed by atoms with Crippen LogP contribution in [0.1, 0.15) is 123 Å². The highest BCUT2D eigenvalue weighted by Crippen LogP contribution is 2.49. The van der Waals surface area contributed by atoms with Crippen molar-refractivity contribution >= 4 is 27.6 Å². The van der Waals surface area contributed by atoms with Gasteiger partial charge in [-0.25, -0.2) is 9.13 Å². The van der Waals surface area contributed by atoms with Crippen LogP contribution in [0.5, 0.6) is 0 Å². The molecule has 0 saturated heterocycles. The number of hydrogen-bond donors (Lipinski definition) is 8. The molecule has 66 heavy (non-hydrogen) atoms. The molecule has 0 aromatic heterocycles. The Hall–Kier alpha value is -3.12. The Balaban J connectivity index is 2.69. The summed E-state index contributed by atoms with van der Waals surface area (Å²) in [5.74, 6) is -1.35. The summed E-state index contributed by atoms with van der Waals surface area (Å²) in [6.07, 6.45) is 28.6. The van der Waals surface area contributed by atoms with E-state index in [0.29, 0.717) is 19.3 Å². The molecule has 17 nitrogen and oxygen atoms in total. The highest BCUT2D eigenvalue weighted by Gasteiger charge is 2.54. The lowest BCUT2D eigenvalue weighted by molar-refractivity contribution is -0.216. The summed E-state index contributed by atoms with van der Waals surface area (Å²) >= 11 is 0. The van der Waals surface area contributed by atoms with Crippen LogP contribution in [0.3, 0.4) is 0 Å². The number of phosphoric ester groups is 2. The summed E-state index contributed by atoms with van der Waals surface area (Å²) in [7, 11) is -10.7. The third kappa shape index (κ3) is 31.0. The molecule has 0 aromatic carbocycles. The van der Waals surface area contributed by atoms with E-state index in [1.807, 2.05) is 67.7 Å². The van der Waals surface area contributed by atoms with Gasteiger partial charge in [0.15, 0.2) is 6.10 Å². The second-order valence-corrected chi connectivity index (χ2v) is 18.2. The summed E-state index contributed by atoms with van der Waals surface area (Å²) in [5.41, 5.74) is 0. The van der Waals surface area contributed by atoms with E-state index in [9.17, 15) is 49.1 Å². The summed E-state index contributed by atoms with van der Waals surface area (Å²) in [6, 6.07) is 0. The molecule has 0 amide bonds. The van der Waals surface area contributed by atoms with Gasteiger partial charge in [-0.1, -0.05) is 137 Å². The molecule has 1 fully saturated rings. The number of ether oxygens (including phenoxy) is 2. The fourth-order valence-corrected chi connectivity index (χ4v) is 7.71. The molecule has 19 heteroatoms. The van der Waals surface area contributed by atoms with E-state index in [1.54, 1.807) is 12.2 Å². The average Bonchev–Trinajstić information content (AvgIpc) is 3.26. The Morgan fingerprint density at radius 2 is 1.14 bits per heavy atom. The van der Waals surface area contributed by atoms with E-state index in [-0.39, 0.29) is 19.3 Å². The molecule has 8 N–H and O–H groups in total. The maximum atomic E-state index is 13.0. The van der Waals surface area contributed by atoms with Crippen molar-refractivity contribution in [3.63, 3.8) is 0 Å². The first kappa shape index (κ1) is 60.9. The van der Waals surface area contributed by atoms with Crippen molar-refractivity contribution in [1.82, 2.24) is 0 Å². The van der Waals surface area contributed by atoms with E-state index in [2.05, 4.69) is 35.8 Å². The zero-order chi connectivity index (χ0) is 49.1. The Morgan fingerprint density at radius 3 is 1.76 bits per heavy atom. The molecule has 0 radical (unpaired) electrons. The molecule has 0 aromatic rings. The van der Waals surface area contributed by atoms with Gasteiger partial charge in [0, 0.05) is 12.8 Å². The van der Waals surface area contributed by atoms with Crippen molar-refractivity contribution in [2.24, 2.45) is 0 Å². The fourth-order valence-electron chi connectivity index (χ4n) is 6.17. The predicted molar refractivity (Wildman–Crippen MR) is 251 cm³/mol. The Labute approximate surface area is 390 Å². The van der Waals surface area contributed by atoms with Crippen molar-refractivity contribution in [2.75, 3.05) is 13.2 Å². The van der Waals surface area contributed by atoms with Gasteiger partial charge < -0.3 is 49.7 Å². The Bertz CT molecular complexity index is 1670. The van der Waals surface area contributed by atoms with E-state index < -0.39 is 89.6 Å². The molecule has 0 heterocycles. The van der Waals surface area contributed by atoms with Gasteiger partial charge in [-0.2, -0.15) is 0 Å². The van der Waals surface area contributed by atoms with Gasteiger partial charge in [-0.15, -0.1) is 0 Å². The normalized spacial score (nSPS) is 22.9. The van der Waals surface area contributed by atoms with E-state index in [1.165, 1.54) is 0 Å². The Kier molecular flexibility index (Phi) is 34.0. The quantitative estimate of drug-likeness (QED) is 0.0100. The molecule has 9 atom stereocenters. The SMILES string of the molecule is CC/C=C\CC(O)/C=C/C=C/C/C=C\C/C=C\C/C=C\CCC(=O)O[C@H](COC(=O)CCCCCCC/C=C\C/C=C\CCC)COP(=O)(O)O[C@H]1C(O)C(O)C(O)[C@@H](OP(=O)(O)O)C1O. The summed E-state index contributed by atoms with van der Waals surface area (Å²) in [5, 5.41) is 51.0. The van der Waals surface area contributed by atoms with Crippen LogP contribution in [0.15, 0.2) is 97.2 Å². The molecule has 1 rings (SSSR count). The van der Waals surface area contributed by atoms with Crippen molar-refractivity contribution < 1.29 is 82.0 Å². The summed E-state index contributed by atoms with van der Waals surface area (Å²) < 4.78 is 49.2. The molecule has 0 aliphatic heterocycles. The molecule has 1 aliphatic carbocycles. The van der Waals surface area contributed by atoms with Crippen molar-refractivity contribution in [3.8, 4) is 0 Å². The number of esters is 2. The summed E-state index contributed by atoms with van der Waals surface area (Å²) in [6.45, 7) is 2.74. The third-order valence-electron chi connectivity index (χ3n) is 9.72. The van der Waals surface area contributed by atoms with Gasteiger partial charge in [-0.05, 0) is 70.6 Å². The smallest absolute Gasteiger partial charge is 0.462 e. The molecular weight excluding hydrogens is 898 g/mol. The molecule has 0 spiro atoms. The maximum absolute atomic E-state index is 13.0. The summed E-state index contributed by atoms with van der Waals surface area (Å²) in [4.78, 5) is 54.2. The number of allylic oxidation sites excluding steroid dienone is 14. The van der Waals surface area contributed by atoms with Crippen LogP contribution in [0.2, 0.25) is 0 Å². The van der Waals surface area contributed by atoms with Gasteiger partial charge >= 0.3 is 27.6 Å². The van der Waals surface area contributed by atoms with Crippen molar-refractivity contribution in [3.05, 3.63) is 97.2 Å². The number of carbonyl (C=O) groups excluding carboxylic acids is 2. The molecule has 0 bridgehead atoms. The average molecular weight is 975 g/mol. The Morgan fingerprint density at radius 1 is 0.576 bits per heavy atom. The predicted octanol–water partition coefficient (Wildman–Crippen LogP) is 7.36. The van der Waals surface area contributed by atoms with Crippen molar-refractivity contribution in [2.45, 2.75) is 172 Å². The van der Waals surface area contributed by atoms with Crippen LogP contribution in [0, 0.1) is 0 Å². The number of rotatable bonds is 36. The number of hydrogen-bond acceptors (Lipinski definition) is 14. The topological polar surface area (TPSA) is 276 Å². The first-order valence-electron chi connectivity index (χ1n) is 22.9. The highest BCUT2D eigenvalue weighted by atomic mass is 31.2. The standard InChI is InChI=1S/C47H76O17P2/c1-3-5-7-8-9-10-11-13-17-20-23-26-30-34-40(49)60-36-39(37-61-66(58,59)64-47-44(53)42(51)43(52)46(45(47)54)63-65(55,56)57)62-41(50)35-31-27-24-21-18-15-12-14-16-19-22-25-29-33-38(48)32-28-6-4-2/h6-8,10-11,14-16,18,22,24-25,27-29,33,38-39,42-48,51-54H,3-5,9,12-13,17,19-21,23,26,30-32,34-37H2,1-2H3,(H,58,59)(H2,55,56,57)/b8-7-,11-10-,16-14-,18-15-,25-22+,27-24-,28-6-,33-29+/t38?,39-,42?,43?,44?,45?,46-,47+/m1/s1. The van der Waals surface area contributed by atoms with Crippen LogP contribution in [0.25, 0.3) is 0 Å². The second-order valence-electron chi connectivity index (χ2n) is 15.6. The zero-order valence-electron chi connectivity index (χ0n) is 38.4. The minimum atomic E-state index is -5.38. The minimum absolute atomic E-state index is 0.0749. The number of aliphatic hydroxyl groups is 5. The van der Waals surface area contributed by atoms with Crippen LogP contribution >= 0.6 is 15.6 Å². The molecular formula is C47H76O17P2. The van der Waals surface area contributed by atoms with Gasteiger partial charge in [0.2, 0.25) is 0 Å². The lowest BCUT2D eigenvalue weighted by Gasteiger charge is -2.43. The van der Waals surface area contributed by atoms with Gasteiger partial charge in [0.25, 0.3) is 0 Å². The lowest BCUT2D eigenvalue weighted by Crippen LogP contribution is -2.64. The van der Waals surface area contributed by atoms with E-state index in [4.69, 9.17) is 28.3 Å². The van der Waals surface area contributed by atoms with Crippen molar-refractivity contribution in [1.29, 1.82) is 0 Å². The first-order chi connectivity index (χ1) is 31.5.